The van der Waals surface area contributed by atoms with Crippen LogP contribution in [0.15, 0.2) is 64.6 Å². The van der Waals surface area contributed by atoms with E-state index >= 15 is 0 Å². The van der Waals surface area contributed by atoms with E-state index < -0.39 is 0 Å². The number of pyridine rings is 1. The maximum absolute atomic E-state index is 12.8. The molecule has 0 aliphatic rings. The van der Waals surface area contributed by atoms with Crippen molar-refractivity contribution in [1.29, 1.82) is 0 Å². The van der Waals surface area contributed by atoms with Crippen LogP contribution >= 0.6 is 27.3 Å². The zero-order valence-corrected chi connectivity index (χ0v) is 16.4. The summed E-state index contributed by atoms with van der Waals surface area (Å²) in [6.45, 7) is 2.40. The van der Waals surface area contributed by atoms with Crippen LogP contribution in [-0.4, -0.2) is 23.3 Å². The Kier molecular flexibility index (Phi) is 5.80. The summed E-state index contributed by atoms with van der Waals surface area (Å²) in [5.41, 5.74) is 1.18. The van der Waals surface area contributed by atoms with Crippen molar-refractivity contribution >= 4 is 50.6 Å². The summed E-state index contributed by atoms with van der Waals surface area (Å²) in [5, 5.41) is 4.67. The number of nitrogens with one attached hydrogen (secondary N) is 1. The number of thiophene rings is 1. The van der Waals surface area contributed by atoms with E-state index in [0.717, 1.165) is 4.47 Å². The lowest BCUT2D eigenvalue weighted by molar-refractivity contribution is 0.0986. The maximum Gasteiger partial charge on any atom is 0.265 e. The number of halogens is 1. The molecule has 26 heavy (non-hydrogen) atoms. The second kappa shape index (κ2) is 8.25. The van der Waals surface area contributed by atoms with Crippen LogP contribution in [0.3, 0.4) is 0 Å². The van der Waals surface area contributed by atoms with Gasteiger partial charge in [0, 0.05) is 28.5 Å². The van der Waals surface area contributed by atoms with Gasteiger partial charge in [0.15, 0.2) is 0 Å². The average Bonchev–Trinajstić information content (AvgIpc) is 3.19. The van der Waals surface area contributed by atoms with Crippen molar-refractivity contribution in [2.24, 2.45) is 0 Å². The number of amides is 2. The molecule has 0 aliphatic carbocycles. The van der Waals surface area contributed by atoms with E-state index in [1.807, 2.05) is 24.4 Å². The van der Waals surface area contributed by atoms with Gasteiger partial charge in [-0.15, -0.1) is 11.3 Å². The molecule has 7 heteroatoms. The lowest BCUT2D eigenvalue weighted by Gasteiger charge is -2.20. The molecular weight excluding hydrogens is 414 g/mol. The fourth-order valence-electron chi connectivity index (χ4n) is 2.39. The van der Waals surface area contributed by atoms with Crippen LogP contribution < -0.4 is 10.2 Å². The van der Waals surface area contributed by atoms with E-state index in [1.165, 1.54) is 11.3 Å². The van der Waals surface area contributed by atoms with Gasteiger partial charge < -0.3 is 5.32 Å². The molecule has 0 spiro atoms. The van der Waals surface area contributed by atoms with E-state index in [0.29, 0.717) is 28.5 Å². The summed E-state index contributed by atoms with van der Waals surface area (Å²) in [5.74, 6) is 0.294. The van der Waals surface area contributed by atoms with E-state index in [9.17, 15) is 9.59 Å². The van der Waals surface area contributed by atoms with Crippen LogP contribution in [0.2, 0.25) is 0 Å². The number of hydrogen-bond donors (Lipinski definition) is 1. The van der Waals surface area contributed by atoms with Gasteiger partial charge in [-0.05, 0) is 70.7 Å². The number of rotatable bonds is 5. The van der Waals surface area contributed by atoms with E-state index in [2.05, 4.69) is 26.2 Å². The van der Waals surface area contributed by atoms with E-state index in [4.69, 9.17) is 0 Å². The highest BCUT2D eigenvalue weighted by Crippen LogP contribution is 2.19. The van der Waals surface area contributed by atoms with E-state index in [-0.39, 0.29) is 11.8 Å². The molecule has 2 heterocycles. The van der Waals surface area contributed by atoms with Crippen LogP contribution in [0.5, 0.6) is 0 Å². The van der Waals surface area contributed by atoms with Gasteiger partial charge >= 0.3 is 0 Å². The van der Waals surface area contributed by atoms with Gasteiger partial charge in [0.2, 0.25) is 0 Å². The van der Waals surface area contributed by atoms with Gasteiger partial charge in [-0.2, -0.15) is 0 Å². The number of carbonyl (C=O) groups is 2. The number of nitrogens with zero attached hydrogens (tertiary/aromatic N) is 2. The van der Waals surface area contributed by atoms with Gasteiger partial charge in [0.1, 0.15) is 5.82 Å². The standard InChI is InChI=1S/C19H16BrN3O2S/c1-2-23(17-10-7-14(20)12-21-17)19(25)13-5-8-15(9-6-13)22-18(24)16-4-3-11-26-16/h3-12H,2H2,1H3,(H,22,24). The second-order valence-electron chi connectivity index (χ2n) is 5.39. The number of anilines is 2. The largest absolute Gasteiger partial charge is 0.321 e. The first-order valence-corrected chi connectivity index (χ1v) is 9.64. The predicted molar refractivity (Wildman–Crippen MR) is 108 cm³/mol. The SMILES string of the molecule is CCN(C(=O)c1ccc(NC(=O)c2cccs2)cc1)c1ccc(Br)cn1. The zero-order chi connectivity index (χ0) is 18.5. The molecule has 0 unspecified atom stereocenters. The molecule has 0 saturated heterocycles. The Labute approximate surface area is 163 Å². The van der Waals surface area contributed by atoms with Crippen molar-refractivity contribution in [3.63, 3.8) is 0 Å². The van der Waals surface area contributed by atoms with Gasteiger partial charge in [-0.3, -0.25) is 14.5 Å². The fraction of sp³-hybridized carbons (Fsp3) is 0.105. The molecule has 132 valence electrons. The molecule has 3 aromatic rings. The van der Waals surface area contributed by atoms with Crippen molar-refractivity contribution < 1.29 is 9.59 Å². The van der Waals surface area contributed by atoms with Gasteiger partial charge in [-0.25, -0.2) is 4.98 Å². The zero-order valence-electron chi connectivity index (χ0n) is 14.0. The first-order valence-electron chi connectivity index (χ1n) is 7.97. The summed E-state index contributed by atoms with van der Waals surface area (Å²) in [6, 6.07) is 14.1. The highest BCUT2D eigenvalue weighted by Gasteiger charge is 2.17. The summed E-state index contributed by atoms with van der Waals surface area (Å²) >= 11 is 4.72. The third kappa shape index (κ3) is 4.17. The summed E-state index contributed by atoms with van der Waals surface area (Å²) < 4.78 is 0.857. The minimum absolute atomic E-state index is 0.140. The highest BCUT2D eigenvalue weighted by molar-refractivity contribution is 9.10. The van der Waals surface area contributed by atoms with E-state index in [1.54, 1.807) is 47.5 Å². The van der Waals surface area contributed by atoms with Gasteiger partial charge in [0.05, 0.1) is 4.88 Å². The topological polar surface area (TPSA) is 62.3 Å². The minimum atomic E-state index is -0.159. The fourth-order valence-corrected chi connectivity index (χ4v) is 3.24. The molecule has 3 rings (SSSR count). The Morgan fingerprint density at radius 1 is 1.15 bits per heavy atom. The summed E-state index contributed by atoms with van der Waals surface area (Å²) in [7, 11) is 0. The molecule has 0 atom stereocenters. The molecular formula is C19H16BrN3O2S. The average molecular weight is 430 g/mol. The normalized spacial score (nSPS) is 10.4. The quantitative estimate of drug-likeness (QED) is 0.631. The molecule has 0 aliphatic heterocycles. The van der Waals surface area contributed by atoms with Crippen molar-refractivity contribution in [3.8, 4) is 0 Å². The van der Waals surface area contributed by atoms with Gasteiger partial charge in [-0.1, -0.05) is 6.07 Å². The first kappa shape index (κ1) is 18.3. The Bertz CT molecular complexity index is 894. The number of benzene rings is 1. The van der Waals surface area contributed by atoms with Crippen molar-refractivity contribution in [2.75, 3.05) is 16.8 Å². The van der Waals surface area contributed by atoms with Crippen LogP contribution in [0, 0.1) is 0 Å². The maximum atomic E-state index is 12.8. The van der Waals surface area contributed by atoms with Crippen molar-refractivity contribution in [2.45, 2.75) is 6.92 Å². The minimum Gasteiger partial charge on any atom is -0.321 e. The Morgan fingerprint density at radius 2 is 1.92 bits per heavy atom. The van der Waals surface area contributed by atoms with Crippen molar-refractivity contribution in [3.05, 3.63) is 75.0 Å². The highest BCUT2D eigenvalue weighted by atomic mass is 79.9. The Hall–Kier alpha value is -2.51. The molecule has 1 N–H and O–H groups in total. The molecule has 2 amide bonds. The molecule has 0 radical (unpaired) electrons. The molecule has 0 fully saturated rings. The molecule has 5 nitrogen and oxygen atoms in total. The molecule has 1 aromatic carbocycles. The van der Waals surface area contributed by atoms with Crippen molar-refractivity contribution in [1.82, 2.24) is 4.98 Å². The summed E-state index contributed by atoms with van der Waals surface area (Å²) in [4.78, 5) is 31.4. The van der Waals surface area contributed by atoms with Crippen LogP contribution in [0.25, 0.3) is 0 Å². The van der Waals surface area contributed by atoms with Crippen LogP contribution in [-0.2, 0) is 0 Å². The Balaban J connectivity index is 1.73. The van der Waals surface area contributed by atoms with Gasteiger partial charge in [0.25, 0.3) is 11.8 Å². The summed E-state index contributed by atoms with van der Waals surface area (Å²) in [6.07, 6.45) is 1.66. The molecule has 0 saturated carbocycles. The third-order valence-electron chi connectivity index (χ3n) is 3.68. The van der Waals surface area contributed by atoms with Crippen LogP contribution in [0.1, 0.15) is 27.0 Å². The smallest absolute Gasteiger partial charge is 0.265 e. The third-order valence-corrected chi connectivity index (χ3v) is 5.02. The first-order chi connectivity index (χ1) is 12.6. The Morgan fingerprint density at radius 3 is 2.50 bits per heavy atom. The lowest BCUT2D eigenvalue weighted by atomic mass is 10.1. The second-order valence-corrected chi connectivity index (χ2v) is 7.26. The molecule has 0 bridgehead atoms. The number of aromatic nitrogens is 1. The lowest BCUT2D eigenvalue weighted by Crippen LogP contribution is -2.31. The monoisotopic (exact) mass is 429 g/mol. The predicted octanol–water partition coefficient (Wildman–Crippen LogP) is 4.82. The van der Waals surface area contributed by atoms with Crippen LogP contribution in [0.4, 0.5) is 11.5 Å². The number of carbonyl (C=O) groups excluding carboxylic acids is 2. The number of hydrogen-bond acceptors (Lipinski definition) is 4. The molecule has 2 aromatic heterocycles.